The number of hydrogen-bond donors (Lipinski definition) is 1. The highest BCUT2D eigenvalue weighted by Gasteiger charge is 2.10. The molecule has 0 unspecified atom stereocenters. The molecule has 0 bridgehead atoms. The topological polar surface area (TPSA) is 82.2 Å². The third kappa shape index (κ3) is 3.18. The Morgan fingerprint density at radius 3 is 2.56 bits per heavy atom. The minimum Gasteiger partial charge on any atom is -0.497 e. The predicted molar refractivity (Wildman–Crippen MR) is 104 cm³/mol. The maximum Gasteiger partial charge on any atom is 0.287 e. The van der Waals surface area contributed by atoms with E-state index in [-0.39, 0.29) is 5.69 Å². The monoisotopic (exact) mass is 360 g/mol. The fourth-order valence-corrected chi connectivity index (χ4v) is 2.94. The van der Waals surface area contributed by atoms with Crippen LogP contribution in [0.4, 0.5) is 17.1 Å². The number of ether oxygens (including phenoxy) is 1. The second-order valence-electron chi connectivity index (χ2n) is 5.91. The molecule has 2 aromatic heterocycles. The fourth-order valence-electron chi connectivity index (χ4n) is 2.94. The van der Waals surface area contributed by atoms with Crippen LogP contribution in [0.25, 0.3) is 16.7 Å². The van der Waals surface area contributed by atoms with Crippen molar-refractivity contribution in [2.45, 2.75) is 0 Å². The summed E-state index contributed by atoms with van der Waals surface area (Å²) in [6.45, 7) is 0. The molecular weight excluding hydrogens is 344 g/mol. The summed E-state index contributed by atoms with van der Waals surface area (Å²) in [6, 6.07) is 18.7. The first-order valence-corrected chi connectivity index (χ1v) is 8.28. The number of rotatable bonds is 5. The van der Waals surface area contributed by atoms with Crippen LogP contribution in [0.15, 0.2) is 73.1 Å². The van der Waals surface area contributed by atoms with Gasteiger partial charge in [0.25, 0.3) is 5.69 Å². The van der Waals surface area contributed by atoms with Crippen LogP contribution in [0.1, 0.15) is 0 Å². The van der Waals surface area contributed by atoms with Gasteiger partial charge in [0.1, 0.15) is 17.8 Å². The summed E-state index contributed by atoms with van der Waals surface area (Å²) in [6.07, 6.45) is 3.17. The van der Waals surface area contributed by atoms with Gasteiger partial charge < -0.3 is 14.6 Å². The van der Waals surface area contributed by atoms with Crippen LogP contribution in [0.2, 0.25) is 0 Å². The van der Waals surface area contributed by atoms with Crippen LogP contribution in [0, 0.1) is 10.1 Å². The second kappa shape index (κ2) is 6.80. The Kier molecular flexibility index (Phi) is 4.18. The first-order chi connectivity index (χ1) is 13.2. The highest BCUT2D eigenvalue weighted by molar-refractivity contribution is 5.95. The molecule has 134 valence electrons. The molecule has 7 nitrogen and oxygen atoms in total. The average molecular weight is 360 g/mol. The molecule has 0 saturated heterocycles. The Hall–Kier alpha value is -3.87. The molecule has 0 aliphatic rings. The third-order valence-corrected chi connectivity index (χ3v) is 4.29. The van der Waals surface area contributed by atoms with E-state index in [0.29, 0.717) is 5.82 Å². The lowest BCUT2D eigenvalue weighted by Crippen LogP contribution is -1.97. The van der Waals surface area contributed by atoms with Gasteiger partial charge in [-0.25, -0.2) is 4.98 Å². The first kappa shape index (κ1) is 16.6. The molecule has 0 amide bonds. The van der Waals surface area contributed by atoms with Crippen molar-refractivity contribution in [2.75, 3.05) is 12.4 Å². The summed E-state index contributed by atoms with van der Waals surface area (Å²) in [5.74, 6) is 1.42. The molecule has 0 fully saturated rings. The van der Waals surface area contributed by atoms with Crippen molar-refractivity contribution in [3.05, 3.63) is 83.2 Å². The lowest BCUT2D eigenvalue weighted by molar-refractivity contribution is -0.385. The Labute approximate surface area is 155 Å². The molecule has 0 aliphatic carbocycles. The van der Waals surface area contributed by atoms with E-state index in [1.54, 1.807) is 13.2 Å². The number of hydrogen-bond acceptors (Lipinski definition) is 5. The summed E-state index contributed by atoms with van der Waals surface area (Å²) in [7, 11) is 1.64. The normalized spacial score (nSPS) is 10.7. The summed E-state index contributed by atoms with van der Waals surface area (Å²) < 4.78 is 7.09. The number of anilines is 2. The number of pyridine rings is 1. The van der Waals surface area contributed by atoms with Crippen molar-refractivity contribution in [1.29, 1.82) is 0 Å². The van der Waals surface area contributed by atoms with E-state index in [1.165, 1.54) is 12.3 Å². The Morgan fingerprint density at radius 1 is 1.07 bits per heavy atom. The van der Waals surface area contributed by atoms with E-state index in [0.717, 1.165) is 28.0 Å². The number of nitro groups is 1. The summed E-state index contributed by atoms with van der Waals surface area (Å²) >= 11 is 0. The van der Waals surface area contributed by atoms with Gasteiger partial charge in [0.2, 0.25) is 0 Å². The molecule has 2 aromatic carbocycles. The predicted octanol–water partition coefficient (Wildman–Crippen LogP) is 4.69. The summed E-state index contributed by atoms with van der Waals surface area (Å²) in [5, 5.41) is 15.2. The fraction of sp³-hybridized carbons (Fsp3) is 0.0500. The molecule has 0 atom stereocenters. The molecule has 4 rings (SSSR count). The van der Waals surface area contributed by atoms with Crippen molar-refractivity contribution in [2.24, 2.45) is 0 Å². The van der Waals surface area contributed by atoms with Crippen molar-refractivity contribution >= 4 is 28.0 Å². The van der Waals surface area contributed by atoms with Crippen LogP contribution in [0.5, 0.6) is 5.75 Å². The van der Waals surface area contributed by atoms with Gasteiger partial charge in [0.15, 0.2) is 0 Å². The minimum absolute atomic E-state index is 0.0305. The Balaban J connectivity index is 1.69. The highest BCUT2D eigenvalue weighted by Crippen LogP contribution is 2.29. The van der Waals surface area contributed by atoms with Crippen LogP contribution in [-0.2, 0) is 0 Å². The Bertz CT molecular complexity index is 1100. The van der Waals surface area contributed by atoms with Gasteiger partial charge in [-0.2, -0.15) is 0 Å². The molecule has 27 heavy (non-hydrogen) atoms. The van der Waals surface area contributed by atoms with E-state index >= 15 is 0 Å². The van der Waals surface area contributed by atoms with E-state index in [4.69, 9.17) is 4.74 Å². The van der Waals surface area contributed by atoms with Gasteiger partial charge in [-0.1, -0.05) is 6.07 Å². The van der Waals surface area contributed by atoms with Crippen LogP contribution in [-0.4, -0.2) is 21.6 Å². The molecule has 0 aliphatic heterocycles. The van der Waals surface area contributed by atoms with Gasteiger partial charge in [-0.15, -0.1) is 0 Å². The molecule has 7 heteroatoms. The number of fused-ring (bicyclic) bond motifs is 1. The summed E-state index contributed by atoms with van der Waals surface area (Å²) in [5.41, 5.74) is 2.83. The molecule has 2 heterocycles. The highest BCUT2D eigenvalue weighted by atomic mass is 16.6. The molecule has 0 spiro atoms. The number of nitrogens with one attached hydrogen (secondary N) is 1. The molecule has 0 radical (unpaired) electrons. The first-order valence-electron chi connectivity index (χ1n) is 8.28. The smallest absolute Gasteiger partial charge is 0.287 e. The number of nitrogens with zero attached hydrogens (tertiary/aromatic N) is 3. The van der Waals surface area contributed by atoms with Gasteiger partial charge >= 0.3 is 0 Å². The van der Waals surface area contributed by atoms with Crippen molar-refractivity contribution in [3.63, 3.8) is 0 Å². The number of benzene rings is 2. The lowest BCUT2D eigenvalue weighted by Gasteiger charge is -2.10. The number of aromatic nitrogens is 2. The molecule has 0 saturated carbocycles. The zero-order chi connectivity index (χ0) is 18.8. The average Bonchev–Trinajstić information content (AvgIpc) is 3.14. The maximum atomic E-state index is 10.8. The van der Waals surface area contributed by atoms with E-state index in [1.807, 2.05) is 59.3 Å². The van der Waals surface area contributed by atoms with E-state index in [9.17, 15) is 10.1 Å². The molecule has 1 N–H and O–H groups in total. The zero-order valence-electron chi connectivity index (χ0n) is 14.5. The van der Waals surface area contributed by atoms with Crippen molar-refractivity contribution in [1.82, 2.24) is 9.55 Å². The molecular formula is C20H16N4O3. The van der Waals surface area contributed by atoms with Crippen molar-refractivity contribution in [3.8, 4) is 11.6 Å². The van der Waals surface area contributed by atoms with E-state index < -0.39 is 4.92 Å². The Morgan fingerprint density at radius 2 is 1.89 bits per heavy atom. The van der Waals surface area contributed by atoms with Crippen LogP contribution in [0.3, 0.4) is 0 Å². The van der Waals surface area contributed by atoms with Gasteiger partial charge in [-0.05, 0) is 48.5 Å². The van der Waals surface area contributed by atoms with Crippen molar-refractivity contribution < 1.29 is 9.66 Å². The summed E-state index contributed by atoms with van der Waals surface area (Å²) in [4.78, 5) is 14.6. The maximum absolute atomic E-state index is 10.8. The molecule has 4 aromatic rings. The van der Waals surface area contributed by atoms with Gasteiger partial charge in [0.05, 0.1) is 17.5 Å². The van der Waals surface area contributed by atoms with Gasteiger partial charge in [0, 0.05) is 29.0 Å². The lowest BCUT2D eigenvalue weighted by atomic mass is 10.2. The van der Waals surface area contributed by atoms with Crippen LogP contribution >= 0.6 is 0 Å². The van der Waals surface area contributed by atoms with E-state index in [2.05, 4.69) is 10.3 Å². The second-order valence-corrected chi connectivity index (χ2v) is 5.91. The van der Waals surface area contributed by atoms with Gasteiger partial charge in [-0.3, -0.25) is 10.1 Å². The standard InChI is InChI=1S/C20H16N4O3/c1-27-16-8-5-14(6-9-16)22-18-3-2-4-19-17(18)11-12-23(19)20-10-7-15(13-21-20)24(25)26/h2-13,22H,1H3. The zero-order valence-corrected chi connectivity index (χ0v) is 14.5. The third-order valence-electron chi connectivity index (χ3n) is 4.29. The van der Waals surface area contributed by atoms with Crippen LogP contribution < -0.4 is 10.1 Å². The largest absolute Gasteiger partial charge is 0.497 e. The number of methoxy groups -OCH3 is 1. The quantitative estimate of drug-likeness (QED) is 0.412. The minimum atomic E-state index is -0.457. The SMILES string of the molecule is COc1ccc(Nc2cccc3c2ccn3-c2ccc([N+](=O)[O-])cn2)cc1.